The second-order valence-electron chi connectivity index (χ2n) is 4.49. The summed E-state index contributed by atoms with van der Waals surface area (Å²) in [5, 5.41) is 0. The van der Waals surface area contributed by atoms with Gasteiger partial charge >= 0.3 is 0 Å². The molecule has 0 aromatic heterocycles. The number of aryl methyl sites for hydroxylation is 1. The molecule has 82 valence electrons. The van der Waals surface area contributed by atoms with Crippen LogP contribution >= 0.6 is 0 Å². The molecule has 2 N–H and O–H groups in total. The lowest BCUT2D eigenvalue weighted by Gasteiger charge is -2.14. The van der Waals surface area contributed by atoms with Gasteiger partial charge in [0.15, 0.2) is 0 Å². The number of hydrogen-bond acceptors (Lipinski definition) is 2. The minimum atomic E-state index is 0.294. The molecular weight excluding hydrogens is 186 g/mol. The third kappa shape index (κ3) is 2.51. The van der Waals surface area contributed by atoms with E-state index in [0.717, 1.165) is 25.3 Å². The lowest BCUT2D eigenvalue weighted by molar-refractivity contribution is 0.238. The SMILES string of the molecule is CCc1cccc(OCC2(CN)CC2)c1. The summed E-state index contributed by atoms with van der Waals surface area (Å²) in [6.07, 6.45) is 3.49. The van der Waals surface area contributed by atoms with E-state index < -0.39 is 0 Å². The Labute approximate surface area is 91.4 Å². The van der Waals surface area contributed by atoms with E-state index in [1.54, 1.807) is 0 Å². The molecule has 1 aromatic carbocycles. The maximum atomic E-state index is 5.79. The van der Waals surface area contributed by atoms with Crippen LogP contribution in [0.5, 0.6) is 5.75 Å². The average Bonchev–Trinajstić information content (AvgIpc) is 3.07. The molecule has 2 rings (SSSR count). The van der Waals surface area contributed by atoms with Gasteiger partial charge in [-0.3, -0.25) is 0 Å². The first-order valence-corrected chi connectivity index (χ1v) is 5.70. The third-order valence-corrected chi connectivity index (χ3v) is 3.24. The Morgan fingerprint density at radius 1 is 1.40 bits per heavy atom. The lowest BCUT2D eigenvalue weighted by Crippen LogP contribution is -2.22. The van der Waals surface area contributed by atoms with E-state index in [0.29, 0.717) is 5.41 Å². The first kappa shape index (κ1) is 10.5. The molecule has 1 aliphatic rings. The van der Waals surface area contributed by atoms with Crippen molar-refractivity contribution in [2.45, 2.75) is 26.2 Å². The Kier molecular flexibility index (Phi) is 2.96. The normalized spacial score (nSPS) is 17.5. The zero-order chi connectivity index (χ0) is 10.7. The lowest BCUT2D eigenvalue weighted by atomic mass is 10.1. The summed E-state index contributed by atoms with van der Waals surface area (Å²) < 4.78 is 5.79. The zero-order valence-electron chi connectivity index (χ0n) is 9.33. The number of benzene rings is 1. The molecule has 15 heavy (non-hydrogen) atoms. The fraction of sp³-hybridized carbons (Fsp3) is 0.538. The van der Waals surface area contributed by atoms with Crippen molar-refractivity contribution < 1.29 is 4.74 Å². The standard InChI is InChI=1S/C13H19NO/c1-2-11-4-3-5-12(8-11)15-10-13(9-14)6-7-13/h3-5,8H,2,6-7,9-10,14H2,1H3. The second kappa shape index (κ2) is 4.23. The minimum absolute atomic E-state index is 0.294. The summed E-state index contributed by atoms with van der Waals surface area (Å²) in [5.41, 5.74) is 7.33. The zero-order valence-corrected chi connectivity index (χ0v) is 9.33. The molecular formula is C13H19NO. The average molecular weight is 205 g/mol. The number of ether oxygens (including phenoxy) is 1. The van der Waals surface area contributed by atoms with Crippen molar-refractivity contribution >= 4 is 0 Å². The quantitative estimate of drug-likeness (QED) is 0.801. The Morgan fingerprint density at radius 2 is 2.20 bits per heavy atom. The largest absolute Gasteiger partial charge is 0.493 e. The summed E-state index contributed by atoms with van der Waals surface area (Å²) >= 11 is 0. The highest BCUT2D eigenvalue weighted by Gasteiger charge is 2.42. The highest BCUT2D eigenvalue weighted by Crippen LogP contribution is 2.44. The predicted molar refractivity (Wildman–Crippen MR) is 62.0 cm³/mol. The van der Waals surface area contributed by atoms with E-state index >= 15 is 0 Å². The maximum absolute atomic E-state index is 5.79. The van der Waals surface area contributed by atoms with Crippen LogP contribution in [0.25, 0.3) is 0 Å². The van der Waals surface area contributed by atoms with E-state index in [-0.39, 0.29) is 0 Å². The molecule has 0 aliphatic heterocycles. The van der Waals surface area contributed by atoms with Gasteiger partial charge in [-0.1, -0.05) is 19.1 Å². The van der Waals surface area contributed by atoms with Crippen LogP contribution in [0.1, 0.15) is 25.3 Å². The van der Waals surface area contributed by atoms with Crippen molar-refractivity contribution in [3.63, 3.8) is 0 Å². The molecule has 0 unspecified atom stereocenters. The van der Waals surface area contributed by atoms with Crippen LogP contribution in [-0.4, -0.2) is 13.2 Å². The van der Waals surface area contributed by atoms with Crippen molar-refractivity contribution in [2.24, 2.45) is 11.1 Å². The van der Waals surface area contributed by atoms with Gasteiger partial charge in [0, 0.05) is 12.0 Å². The fourth-order valence-corrected chi connectivity index (χ4v) is 1.68. The molecule has 1 saturated carbocycles. The van der Waals surface area contributed by atoms with Crippen LogP contribution in [0.4, 0.5) is 0 Å². The summed E-state index contributed by atoms with van der Waals surface area (Å²) in [7, 11) is 0. The first-order chi connectivity index (χ1) is 7.28. The maximum Gasteiger partial charge on any atom is 0.119 e. The van der Waals surface area contributed by atoms with Crippen molar-refractivity contribution in [3.8, 4) is 5.75 Å². The van der Waals surface area contributed by atoms with Crippen LogP contribution in [0.3, 0.4) is 0 Å². The topological polar surface area (TPSA) is 35.2 Å². The number of hydrogen-bond donors (Lipinski definition) is 1. The summed E-state index contributed by atoms with van der Waals surface area (Å²) in [6, 6.07) is 8.32. The number of rotatable bonds is 5. The molecule has 1 aliphatic carbocycles. The van der Waals surface area contributed by atoms with Gasteiger partial charge in [0.1, 0.15) is 5.75 Å². The molecule has 0 bridgehead atoms. The highest BCUT2D eigenvalue weighted by molar-refractivity contribution is 5.28. The molecule has 0 heterocycles. The van der Waals surface area contributed by atoms with E-state index in [1.807, 2.05) is 6.07 Å². The van der Waals surface area contributed by atoms with Crippen LogP contribution in [-0.2, 0) is 6.42 Å². The fourth-order valence-electron chi connectivity index (χ4n) is 1.68. The van der Waals surface area contributed by atoms with Gasteiger partial charge in [-0.2, -0.15) is 0 Å². The molecule has 0 atom stereocenters. The van der Waals surface area contributed by atoms with Crippen molar-refractivity contribution in [2.75, 3.05) is 13.2 Å². The van der Waals surface area contributed by atoms with Crippen molar-refractivity contribution in [3.05, 3.63) is 29.8 Å². The highest BCUT2D eigenvalue weighted by atomic mass is 16.5. The molecule has 0 spiro atoms. The van der Waals surface area contributed by atoms with E-state index in [1.165, 1.54) is 18.4 Å². The smallest absolute Gasteiger partial charge is 0.119 e. The summed E-state index contributed by atoms with van der Waals surface area (Å²) in [4.78, 5) is 0. The monoisotopic (exact) mass is 205 g/mol. The van der Waals surface area contributed by atoms with Crippen LogP contribution in [0.15, 0.2) is 24.3 Å². The van der Waals surface area contributed by atoms with Gasteiger partial charge in [-0.05, 0) is 37.0 Å². The van der Waals surface area contributed by atoms with Gasteiger partial charge in [-0.25, -0.2) is 0 Å². The second-order valence-corrected chi connectivity index (χ2v) is 4.49. The van der Waals surface area contributed by atoms with E-state index in [9.17, 15) is 0 Å². The van der Waals surface area contributed by atoms with Crippen LogP contribution in [0, 0.1) is 5.41 Å². The van der Waals surface area contributed by atoms with Crippen molar-refractivity contribution in [1.29, 1.82) is 0 Å². The third-order valence-electron chi connectivity index (χ3n) is 3.24. The Morgan fingerprint density at radius 3 is 2.80 bits per heavy atom. The van der Waals surface area contributed by atoms with Crippen LogP contribution in [0.2, 0.25) is 0 Å². The molecule has 1 fully saturated rings. The minimum Gasteiger partial charge on any atom is -0.493 e. The van der Waals surface area contributed by atoms with E-state index in [4.69, 9.17) is 10.5 Å². The van der Waals surface area contributed by atoms with Gasteiger partial charge in [0.25, 0.3) is 0 Å². The Hall–Kier alpha value is -1.02. The molecule has 0 amide bonds. The Balaban J connectivity index is 1.93. The number of nitrogens with two attached hydrogens (primary N) is 1. The predicted octanol–water partition coefficient (Wildman–Crippen LogP) is 2.37. The molecule has 1 aromatic rings. The van der Waals surface area contributed by atoms with E-state index in [2.05, 4.69) is 25.1 Å². The first-order valence-electron chi connectivity index (χ1n) is 5.70. The summed E-state index contributed by atoms with van der Waals surface area (Å²) in [5.74, 6) is 0.981. The van der Waals surface area contributed by atoms with Gasteiger partial charge < -0.3 is 10.5 Å². The summed E-state index contributed by atoms with van der Waals surface area (Å²) in [6.45, 7) is 3.68. The molecule has 2 nitrogen and oxygen atoms in total. The molecule has 0 saturated heterocycles. The molecule has 2 heteroatoms. The van der Waals surface area contributed by atoms with Crippen LogP contribution < -0.4 is 10.5 Å². The van der Waals surface area contributed by atoms with Gasteiger partial charge in [0.05, 0.1) is 6.61 Å². The Bertz CT molecular complexity index is 331. The molecule has 0 radical (unpaired) electrons. The van der Waals surface area contributed by atoms with Crippen molar-refractivity contribution in [1.82, 2.24) is 0 Å². The van der Waals surface area contributed by atoms with Gasteiger partial charge in [0.2, 0.25) is 0 Å². The van der Waals surface area contributed by atoms with Gasteiger partial charge in [-0.15, -0.1) is 0 Å².